The van der Waals surface area contributed by atoms with Crippen LogP contribution in [0.3, 0.4) is 0 Å². The van der Waals surface area contributed by atoms with E-state index < -0.39 is 29.3 Å². The van der Waals surface area contributed by atoms with Crippen LogP contribution in [0.2, 0.25) is 0 Å². The minimum Gasteiger partial charge on any atom is -0.508 e. The average Bonchev–Trinajstić information content (AvgIpc) is 2.74. The lowest BCUT2D eigenvalue weighted by atomic mass is 9.94. The summed E-state index contributed by atoms with van der Waals surface area (Å²) in [5, 5.41) is 16.0. The number of hydrogen-bond donors (Lipinski definition) is 3. The Hall–Kier alpha value is -2.77. The monoisotopic (exact) mass is 547 g/mol. The number of amides is 3. The van der Waals surface area contributed by atoms with Gasteiger partial charge in [0, 0.05) is 11.6 Å². The Labute approximate surface area is 236 Å². The second-order valence-corrected chi connectivity index (χ2v) is 13.6. The third kappa shape index (κ3) is 11.9. The Morgan fingerprint density at radius 2 is 1.54 bits per heavy atom. The van der Waals surface area contributed by atoms with Crippen molar-refractivity contribution in [1.82, 2.24) is 15.5 Å². The lowest BCUT2D eigenvalue weighted by Gasteiger charge is -2.40. The highest BCUT2D eigenvalue weighted by Crippen LogP contribution is 2.31. The van der Waals surface area contributed by atoms with Crippen molar-refractivity contribution in [3.05, 3.63) is 29.3 Å². The Balaban J connectivity index is 3.71. The molecule has 3 amide bonds. The Morgan fingerprint density at radius 1 is 0.949 bits per heavy atom. The molecule has 1 aromatic carbocycles. The fourth-order valence-electron chi connectivity index (χ4n) is 4.36. The van der Waals surface area contributed by atoms with Crippen LogP contribution < -0.4 is 10.6 Å². The van der Waals surface area contributed by atoms with Crippen molar-refractivity contribution in [3.63, 3.8) is 0 Å². The number of carbonyl (C=O) groups is 3. The van der Waals surface area contributed by atoms with Gasteiger partial charge >= 0.3 is 6.09 Å². The minimum absolute atomic E-state index is 0.0967. The SMILES string of the molecule is Cc1cc(C(C(=O)NC(C)(C)C)N(C(=O)C(CC(C)C)NC(=O)OC(C)(C)C)C(C)CCC(C)C)ccc1O. The summed E-state index contributed by atoms with van der Waals surface area (Å²) in [4.78, 5) is 42.8. The topological polar surface area (TPSA) is 108 Å². The quantitative estimate of drug-likeness (QED) is 0.304. The van der Waals surface area contributed by atoms with E-state index in [9.17, 15) is 19.5 Å². The predicted octanol–water partition coefficient (Wildman–Crippen LogP) is 6.25. The molecule has 222 valence electrons. The number of aryl methyl sites for hydroxylation is 1. The van der Waals surface area contributed by atoms with Gasteiger partial charge in [-0.15, -0.1) is 0 Å². The van der Waals surface area contributed by atoms with Gasteiger partial charge in [-0.1, -0.05) is 33.8 Å². The first-order valence-corrected chi connectivity index (χ1v) is 14.1. The number of phenolic OH excluding ortho intramolecular Hbond substituents is 1. The number of aromatic hydroxyl groups is 1. The minimum atomic E-state index is -0.965. The van der Waals surface area contributed by atoms with E-state index in [2.05, 4.69) is 24.5 Å². The third-order valence-corrected chi connectivity index (χ3v) is 6.15. The van der Waals surface area contributed by atoms with Crippen LogP contribution in [0.1, 0.15) is 113 Å². The molecule has 3 N–H and O–H groups in total. The van der Waals surface area contributed by atoms with Gasteiger partial charge < -0.3 is 25.4 Å². The van der Waals surface area contributed by atoms with Gasteiger partial charge in [0.1, 0.15) is 23.4 Å². The summed E-state index contributed by atoms with van der Waals surface area (Å²) < 4.78 is 5.48. The number of phenols is 1. The molecule has 0 fully saturated rings. The van der Waals surface area contributed by atoms with Gasteiger partial charge in [-0.2, -0.15) is 0 Å². The van der Waals surface area contributed by atoms with Gasteiger partial charge in [0.25, 0.3) is 0 Å². The number of nitrogens with zero attached hydrogens (tertiary/aromatic N) is 1. The maximum Gasteiger partial charge on any atom is 0.408 e. The first-order valence-electron chi connectivity index (χ1n) is 14.1. The van der Waals surface area contributed by atoms with Crippen molar-refractivity contribution in [1.29, 1.82) is 0 Å². The zero-order valence-electron chi connectivity index (χ0n) is 26.3. The molecular weight excluding hydrogens is 494 g/mol. The van der Waals surface area contributed by atoms with E-state index in [0.717, 1.165) is 6.42 Å². The normalized spacial score (nSPS) is 14.5. The Morgan fingerprint density at radius 3 is 2.00 bits per heavy atom. The lowest BCUT2D eigenvalue weighted by Crippen LogP contribution is -2.57. The van der Waals surface area contributed by atoms with Gasteiger partial charge in [0.2, 0.25) is 11.8 Å². The smallest absolute Gasteiger partial charge is 0.408 e. The Bertz CT molecular complexity index is 975. The van der Waals surface area contributed by atoms with Crippen LogP contribution in [0.25, 0.3) is 0 Å². The largest absolute Gasteiger partial charge is 0.508 e. The fraction of sp³-hybridized carbons (Fsp3) is 0.710. The highest BCUT2D eigenvalue weighted by molar-refractivity contribution is 5.92. The predicted molar refractivity (Wildman–Crippen MR) is 156 cm³/mol. The van der Waals surface area contributed by atoms with Crippen LogP contribution in [0, 0.1) is 18.8 Å². The van der Waals surface area contributed by atoms with Crippen LogP contribution >= 0.6 is 0 Å². The average molecular weight is 548 g/mol. The molecule has 0 heterocycles. The molecule has 3 unspecified atom stereocenters. The number of ether oxygens (including phenoxy) is 1. The number of alkyl carbamates (subject to hydrolysis) is 1. The molecule has 0 saturated heterocycles. The molecule has 1 aromatic rings. The summed E-state index contributed by atoms with van der Waals surface area (Å²) in [5.74, 6) is -0.0414. The maximum absolute atomic E-state index is 14.4. The molecule has 0 aliphatic heterocycles. The summed E-state index contributed by atoms with van der Waals surface area (Å²) in [7, 11) is 0. The number of hydrogen-bond acceptors (Lipinski definition) is 5. The van der Waals surface area contributed by atoms with E-state index in [0.29, 0.717) is 29.9 Å². The zero-order chi connectivity index (χ0) is 30.3. The van der Waals surface area contributed by atoms with Gasteiger partial charge in [-0.25, -0.2) is 4.79 Å². The molecule has 0 saturated carbocycles. The van der Waals surface area contributed by atoms with Crippen LogP contribution in [-0.2, 0) is 14.3 Å². The van der Waals surface area contributed by atoms with Crippen molar-refractivity contribution < 1.29 is 24.2 Å². The summed E-state index contributed by atoms with van der Waals surface area (Å²) in [6.45, 7) is 22.9. The van der Waals surface area contributed by atoms with E-state index in [4.69, 9.17) is 4.74 Å². The molecule has 0 radical (unpaired) electrons. The molecule has 0 aromatic heterocycles. The van der Waals surface area contributed by atoms with E-state index in [-0.39, 0.29) is 29.5 Å². The molecule has 8 heteroatoms. The Kier molecular flexibility index (Phi) is 12.3. The first kappa shape index (κ1) is 34.3. The second kappa shape index (κ2) is 14.0. The summed E-state index contributed by atoms with van der Waals surface area (Å²) in [6.07, 6.45) is 1.25. The number of nitrogens with one attached hydrogen (secondary N) is 2. The van der Waals surface area contributed by atoms with Crippen LogP contribution in [-0.4, -0.2) is 51.1 Å². The molecule has 0 aliphatic carbocycles. The van der Waals surface area contributed by atoms with Crippen molar-refractivity contribution in [3.8, 4) is 5.75 Å². The molecule has 0 bridgehead atoms. The summed E-state index contributed by atoms with van der Waals surface area (Å²) in [5.41, 5.74) is -0.0619. The second-order valence-electron chi connectivity index (χ2n) is 13.6. The van der Waals surface area contributed by atoms with Crippen LogP contribution in [0.15, 0.2) is 18.2 Å². The lowest BCUT2D eigenvalue weighted by molar-refractivity contribution is -0.146. The summed E-state index contributed by atoms with van der Waals surface area (Å²) in [6, 6.07) is 2.83. The highest BCUT2D eigenvalue weighted by Gasteiger charge is 2.40. The van der Waals surface area contributed by atoms with Crippen molar-refractivity contribution in [2.45, 2.75) is 132 Å². The van der Waals surface area contributed by atoms with Gasteiger partial charge in [0.05, 0.1) is 0 Å². The standard InChI is InChI=1S/C31H53N3O5/c1-19(2)13-14-22(6)34(28(37)24(17-20(3)4)32-29(38)39-31(10,11)12)26(27(36)33-30(7,8)9)23-15-16-25(35)21(5)18-23/h15-16,18-20,22,24,26,35H,13-14,17H2,1-12H3,(H,32,38)(H,33,36). The van der Waals surface area contributed by atoms with Gasteiger partial charge in [-0.05, 0) is 110 Å². The molecule has 39 heavy (non-hydrogen) atoms. The van der Waals surface area contributed by atoms with E-state index >= 15 is 0 Å². The molecule has 0 spiro atoms. The zero-order valence-corrected chi connectivity index (χ0v) is 26.3. The summed E-state index contributed by atoms with van der Waals surface area (Å²) >= 11 is 0. The molecule has 1 rings (SSSR count). The van der Waals surface area contributed by atoms with Crippen molar-refractivity contribution >= 4 is 17.9 Å². The van der Waals surface area contributed by atoms with Gasteiger partial charge in [0.15, 0.2) is 0 Å². The van der Waals surface area contributed by atoms with Crippen LogP contribution in [0.5, 0.6) is 5.75 Å². The third-order valence-electron chi connectivity index (χ3n) is 6.15. The van der Waals surface area contributed by atoms with Crippen molar-refractivity contribution in [2.75, 3.05) is 0 Å². The first-order chi connectivity index (χ1) is 17.7. The number of carbonyl (C=O) groups excluding carboxylic acids is 3. The molecule has 0 aliphatic rings. The van der Waals surface area contributed by atoms with E-state index in [1.807, 2.05) is 41.5 Å². The molecule has 8 nitrogen and oxygen atoms in total. The highest BCUT2D eigenvalue weighted by atomic mass is 16.6. The number of rotatable bonds is 11. The maximum atomic E-state index is 14.4. The van der Waals surface area contributed by atoms with Gasteiger partial charge in [-0.3, -0.25) is 9.59 Å². The molecule has 3 atom stereocenters. The van der Waals surface area contributed by atoms with E-state index in [1.54, 1.807) is 50.8 Å². The number of benzene rings is 1. The van der Waals surface area contributed by atoms with Crippen molar-refractivity contribution in [2.24, 2.45) is 11.8 Å². The van der Waals surface area contributed by atoms with Crippen LogP contribution in [0.4, 0.5) is 4.79 Å². The fourth-order valence-corrected chi connectivity index (χ4v) is 4.36. The van der Waals surface area contributed by atoms with E-state index in [1.165, 1.54) is 0 Å². The molecular formula is C31H53N3O5.